The van der Waals surface area contributed by atoms with Crippen molar-refractivity contribution >= 4 is 11.6 Å². The van der Waals surface area contributed by atoms with Gasteiger partial charge in [0.1, 0.15) is 24.3 Å². The smallest absolute Gasteiger partial charge is 0.181 e. The Morgan fingerprint density at radius 3 is 2.21 bits per heavy atom. The van der Waals surface area contributed by atoms with E-state index in [0.717, 1.165) is 64.4 Å². The molecule has 0 spiro atoms. The highest BCUT2D eigenvalue weighted by molar-refractivity contribution is 6.30. The highest BCUT2D eigenvalue weighted by Crippen LogP contribution is 2.31. The second-order valence-corrected chi connectivity index (χ2v) is 13.4. The maximum atomic E-state index is 10.2. The summed E-state index contributed by atoms with van der Waals surface area (Å²) in [6.45, 7) is 18.8. The Hall–Kier alpha value is -3.15. The van der Waals surface area contributed by atoms with Crippen molar-refractivity contribution in [2.24, 2.45) is 17.3 Å². The number of ether oxygens (including phenoxy) is 1. The Morgan fingerprint density at radius 1 is 0.930 bits per heavy atom. The van der Waals surface area contributed by atoms with Crippen LogP contribution in [0.4, 0.5) is 0 Å². The van der Waals surface area contributed by atoms with Crippen LogP contribution in [-0.4, -0.2) is 26.5 Å². The van der Waals surface area contributed by atoms with Gasteiger partial charge in [-0.25, -0.2) is 9.67 Å². The summed E-state index contributed by atoms with van der Waals surface area (Å²) in [7, 11) is 0. The first-order valence-electron chi connectivity index (χ1n) is 15.5. The second kappa shape index (κ2) is 16.1. The first-order valence-corrected chi connectivity index (χ1v) is 15.9. The van der Waals surface area contributed by atoms with Crippen LogP contribution in [0.1, 0.15) is 83.0 Å². The first-order chi connectivity index (χ1) is 20.3. The molecule has 4 rings (SSSR count). The quantitative estimate of drug-likeness (QED) is 0.175. The van der Waals surface area contributed by atoms with Crippen LogP contribution in [0.3, 0.4) is 0 Å². The number of aryl methyl sites for hydroxylation is 4. The number of aliphatic hydroxyl groups excluding tert-OH is 1. The number of hydrogen-bond donors (Lipinski definition) is 1. The summed E-state index contributed by atoms with van der Waals surface area (Å²) in [6, 6.07) is 23.7. The zero-order chi connectivity index (χ0) is 31.6. The molecule has 0 saturated carbocycles. The molecule has 0 aliphatic carbocycles. The third-order valence-corrected chi connectivity index (χ3v) is 8.51. The van der Waals surface area contributed by atoms with Crippen molar-refractivity contribution < 1.29 is 9.84 Å². The lowest BCUT2D eigenvalue weighted by molar-refractivity contribution is 0.108. The molecule has 5 nitrogen and oxygen atoms in total. The van der Waals surface area contributed by atoms with E-state index in [2.05, 4.69) is 63.8 Å². The first kappa shape index (κ1) is 34.3. The number of rotatable bonds is 12. The number of aromatic nitrogens is 3. The van der Waals surface area contributed by atoms with Gasteiger partial charge in [-0.05, 0) is 97.9 Å². The molecule has 0 fully saturated rings. The molecular weight excluding hydrogens is 554 g/mol. The van der Waals surface area contributed by atoms with E-state index < -0.39 is 6.10 Å². The molecule has 0 aliphatic heterocycles. The van der Waals surface area contributed by atoms with E-state index in [0.29, 0.717) is 11.3 Å². The zero-order valence-electron chi connectivity index (χ0n) is 27.3. The molecule has 1 unspecified atom stereocenters. The van der Waals surface area contributed by atoms with E-state index in [4.69, 9.17) is 16.3 Å². The highest BCUT2D eigenvalue weighted by Gasteiger charge is 2.22. The minimum absolute atomic E-state index is 0.273. The standard InChI is InChI=1S/C20H26O2.C17H24ClN3/c1-15(2)7-8-17-9-11-19(12-10-17)22-14-20(21)18-6-4-5-16(3)13-18;1-12(2)17(4,5)10-11-21-13(3)19-16(20-21)14-6-8-15(18)9-7-14/h4-6,9-13,15,20-21H,7-8,14H2,1-3H3;6-9,12H,10-11H2,1-5H3. The van der Waals surface area contributed by atoms with Gasteiger partial charge in [-0.15, -0.1) is 0 Å². The van der Waals surface area contributed by atoms with E-state index in [1.807, 2.05) is 79.2 Å². The molecule has 4 aromatic rings. The van der Waals surface area contributed by atoms with Crippen molar-refractivity contribution in [3.05, 3.63) is 100 Å². The summed E-state index contributed by atoms with van der Waals surface area (Å²) in [5.41, 5.74) is 4.68. The molecule has 0 bridgehead atoms. The van der Waals surface area contributed by atoms with Gasteiger partial charge in [-0.3, -0.25) is 0 Å². The minimum Gasteiger partial charge on any atom is -0.491 e. The number of benzene rings is 3. The molecule has 1 aromatic heterocycles. The number of hydrogen-bond acceptors (Lipinski definition) is 4. The maximum absolute atomic E-state index is 10.2. The highest BCUT2D eigenvalue weighted by atomic mass is 35.5. The third-order valence-electron chi connectivity index (χ3n) is 8.26. The second-order valence-electron chi connectivity index (χ2n) is 12.9. The molecule has 0 aliphatic rings. The van der Waals surface area contributed by atoms with E-state index in [9.17, 15) is 5.11 Å². The molecule has 0 saturated heterocycles. The van der Waals surface area contributed by atoms with Crippen LogP contribution < -0.4 is 4.74 Å². The van der Waals surface area contributed by atoms with Crippen LogP contribution in [0.2, 0.25) is 5.02 Å². The summed E-state index contributed by atoms with van der Waals surface area (Å²) in [5.74, 6) is 3.91. The van der Waals surface area contributed by atoms with Crippen LogP contribution >= 0.6 is 11.6 Å². The van der Waals surface area contributed by atoms with Gasteiger partial charge in [0.05, 0.1) is 0 Å². The Balaban J connectivity index is 0.000000236. The van der Waals surface area contributed by atoms with Gasteiger partial charge < -0.3 is 9.84 Å². The fourth-order valence-corrected chi connectivity index (χ4v) is 4.52. The lowest BCUT2D eigenvalue weighted by atomic mass is 9.78. The summed E-state index contributed by atoms with van der Waals surface area (Å²) in [4.78, 5) is 4.56. The summed E-state index contributed by atoms with van der Waals surface area (Å²) in [5, 5.41) is 15.5. The molecule has 1 heterocycles. The maximum Gasteiger partial charge on any atom is 0.181 e. The van der Waals surface area contributed by atoms with Crippen molar-refractivity contribution in [3.63, 3.8) is 0 Å². The van der Waals surface area contributed by atoms with E-state index >= 15 is 0 Å². The van der Waals surface area contributed by atoms with Crippen LogP contribution in [0.5, 0.6) is 5.75 Å². The molecule has 43 heavy (non-hydrogen) atoms. The van der Waals surface area contributed by atoms with Crippen molar-refractivity contribution in [2.75, 3.05) is 6.61 Å². The van der Waals surface area contributed by atoms with Gasteiger partial charge >= 0.3 is 0 Å². The largest absolute Gasteiger partial charge is 0.491 e. The van der Waals surface area contributed by atoms with Crippen molar-refractivity contribution in [1.82, 2.24) is 14.8 Å². The van der Waals surface area contributed by atoms with Crippen LogP contribution in [-0.2, 0) is 13.0 Å². The van der Waals surface area contributed by atoms with Crippen molar-refractivity contribution in [3.8, 4) is 17.1 Å². The minimum atomic E-state index is -0.597. The van der Waals surface area contributed by atoms with Crippen molar-refractivity contribution in [1.29, 1.82) is 0 Å². The van der Waals surface area contributed by atoms with Crippen LogP contribution in [0.15, 0.2) is 72.8 Å². The van der Waals surface area contributed by atoms with Gasteiger partial charge in [0, 0.05) is 17.1 Å². The summed E-state index contributed by atoms with van der Waals surface area (Å²) >= 11 is 5.92. The molecule has 0 amide bonds. The number of nitrogens with zero attached hydrogens (tertiary/aromatic N) is 3. The predicted octanol–water partition coefficient (Wildman–Crippen LogP) is 9.68. The van der Waals surface area contributed by atoms with Gasteiger partial charge in [0.2, 0.25) is 0 Å². The van der Waals surface area contributed by atoms with E-state index in [-0.39, 0.29) is 6.61 Å². The number of halogens is 1. The predicted molar refractivity (Wildman–Crippen MR) is 180 cm³/mol. The lowest BCUT2D eigenvalue weighted by Crippen LogP contribution is -2.22. The lowest BCUT2D eigenvalue weighted by Gasteiger charge is -2.29. The van der Waals surface area contributed by atoms with Crippen LogP contribution in [0, 0.1) is 31.1 Å². The Labute approximate surface area is 264 Å². The average molecular weight is 604 g/mol. The SMILES string of the molecule is Cc1cccc(C(O)COc2ccc(CCC(C)C)cc2)c1.Cc1nc(-c2ccc(Cl)cc2)nn1CCC(C)(C)C(C)C. The fraction of sp³-hybridized carbons (Fsp3) is 0.459. The average Bonchev–Trinajstić information content (AvgIpc) is 3.35. The molecular formula is C37H50ClN3O2. The van der Waals surface area contributed by atoms with Crippen LogP contribution in [0.25, 0.3) is 11.4 Å². The molecule has 1 N–H and O–H groups in total. The topological polar surface area (TPSA) is 60.2 Å². The monoisotopic (exact) mass is 603 g/mol. The van der Waals surface area contributed by atoms with Gasteiger partial charge in [0.15, 0.2) is 5.82 Å². The van der Waals surface area contributed by atoms with E-state index in [1.54, 1.807) is 0 Å². The molecule has 0 radical (unpaired) electrons. The molecule has 232 valence electrons. The van der Waals surface area contributed by atoms with Gasteiger partial charge in [-0.1, -0.05) is 95.1 Å². The van der Waals surface area contributed by atoms with Crippen molar-refractivity contribution in [2.45, 2.75) is 87.3 Å². The number of aliphatic hydroxyl groups is 1. The normalized spacial score (nSPS) is 12.3. The summed E-state index contributed by atoms with van der Waals surface area (Å²) in [6.07, 6.45) is 2.80. The molecule has 6 heteroatoms. The van der Waals surface area contributed by atoms with Gasteiger partial charge in [-0.2, -0.15) is 5.10 Å². The molecule has 3 aromatic carbocycles. The Morgan fingerprint density at radius 2 is 1.60 bits per heavy atom. The van der Waals surface area contributed by atoms with E-state index in [1.165, 1.54) is 12.0 Å². The van der Waals surface area contributed by atoms with Gasteiger partial charge in [0.25, 0.3) is 0 Å². The molecule has 1 atom stereocenters. The Bertz CT molecular complexity index is 1390. The zero-order valence-corrected chi connectivity index (χ0v) is 28.0. The third kappa shape index (κ3) is 11.1. The summed E-state index contributed by atoms with van der Waals surface area (Å²) < 4.78 is 7.70. The fourth-order valence-electron chi connectivity index (χ4n) is 4.39. The Kier molecular flexibility index (Phi) is 12.8.